The normalized spacial score (nSPS) is 28.9. The Hall–Kier alpha value is -0.766. The smallest absolute Gasteiger partial charge is 0.323 e. The molecule has 1 saturated heterocycles. The van der Waals surface area contributed by atoms with Crippen LogP contribution in [0.15, 0.2) is 12.2 Å². The van der Waals surface area contributed by atoms with Crippen LogP contribution in [0.25, 0.3) is 0 Å². The van der Waals surface area contributed by atoms with E-state index in [0.717, 1.165) is 0 Å². The maximum Gasteiger partial charge on any atom is 0.323 e. The SMILES string of the molecule is CC(C)(C)[Si](C)(C)OC[C@H]1OC(=O)[C@]2(CC=CCC2=O)[C@@H]1O[Si](C)(C)C(C)(C)C. The van der Waals surface area contributed by atoms with E-state index in [4.69, 9.17) is 13.6 Å². The Kier molecular flexibility index (Phi) is 6.53. The van der Waals surface area contributed by atoms with Gasteiger partial charge in [0.05, 0.1) is 6.61 Å². The summed E-state index contributed by atoms with van der Waals surface area (Å²) in [5, 5.41) is 0.00466. The molecular weight excluding hydrogens is 400 g/mol. The number of carbonyl (C=O) groups is 2. The summed E-state index contributed by atoms with van der Waals surface area (Å²) in [5.74, 6) is -0.539. The highest BCUT2D eigenvalue weighted by Gasteiger charge is 2.64. The van der Waals surface area contributed by atoms with Gasteiger partial charge in [-0.05, 0) is 42.7 Å². The van der Waals surface area contributed by atoms with Gasteiger partial charge in [-0.1, -0.05) is 53.7 Å². The fourth-order valence-electron chi connectivity index (χ4n) is 3.26. The first-order valence-electron chi connectivity index (χ1n) is 10.7. The van der Waals surface area contributed by atoms with Crippen molar-refractivity contribution in [3.8, 4) is 0 Å². The monoisotopic (exact) mass is 440 g/mol. The summed E-state index contributed by atoms with van der Waals surface area (Å²) < 4.78 is 18.9. The van der Waals surface area contributed by atoms with Gasteiger partial charge in [-0.2, -0.15) is 0 Å². The zero-order valence-electron chi connectivity index (χ0n) is 20.0. The Morgan fingerprint density at radius 2 is 1.55 bits per heavy atom. The number of esters is 1. The van der Waals surface area contributed by atoms with Gasteiger partial charge in [0.15, 0.2) is 33.9 Å². The third kappa shape index (κ3) is 4.48. The molecule has 1 heterocycles. The van der Waals surface area contributed by atoms with Crippen LogP contribution < -0.4 is 0 Å². The van der Waals surface area contributed by atoms with E-state index < -0.39 is 40.2 Å². The Bertz CT molecular complexity index is 684. The molecule has 29 heavy (non-hydrogen) atoms. The highest BCUT2D eigenvalue weighted by Crippen LogP contribution is 2.48. The van der Waals surface area contributed by atoms with Crippen molar-refractivity contribution in [3.05, 3.63) is 12.2 Å². The molecule has 2 rings (SSSR count). The minimum absolute atomic E-state index is 0.0434. The van der Waals surface area contributed by atoms with E-state index in [0.29, 0.717) is 6.42 Å². The fourth-order valence-corrected chi connectivity index (χ4v) is 5.62. The number of Topliss-reactive ketones (excluding diaryl/α,β-unsaturated/α-hetero) is 1. The molecule has 3 atom stereocenters. The van der Waals surface area contributed by atoms with Crippen molar-refractivity contribution in [2.45, 2.75) is 103 Å². The molecule has 0 radical (unpaired) electrons. The van der Waals surface area contributed by atoms with Gasteiger partial charge in [-0.15, -0.1) is 0 Å². The summed E-state index contributed by atoms with van der Waals surface area (Å²) in [5.41, 5.74) is -1.23. The third-order valence-electron chi connectivity index (χ3n) is 7.50. The van der Waals surface area contributed by atoms with Gasteiger partial charge in [0.1, 0.15) is 6.10 Å². The van der Waals surface area contributed by atoms with E-state index >= 15 is 0 Å². The summed E-state index contributed by atoms with van der Waals surface area (Å²) in [7, 11) is -4.28. The number of hydrogen-bond donors (Lipinski definition) is 0. The molecule has 0 N–H and O–H groups in total. The lowest BCUT2D eigenvalue weighted by Crippen LogP contribution is -2.55. The molecule has 1 aliphatic heterocycles. The summed E-state index contributed by atoms with van der Waals surface area (Å²) in [6.07, 6.45) is 3.20. The van der Waals surface area contributed by atoms with Crippen LogP contribution in [0.2, 0.25) is 36.3 Å². The molecule has 0 unspecified atom stereocenters. The van der Waals surface area contributed by atoms with Crippen molar-refractivity contribution in [2.24, 2.45) is 5.41 Å². The van der Waals surface area contributed by atoms with Crippen molar-refractivity contribution >= 4 is 28.4 Å². The van der Waals surface area contributed by atoms with E-state index in [1.165, 1.54) is 0 Å². The number of carbonyl (C=O) groups excluding carboxylic acids is 2. The second kappa shape index (κ2) is 7.73. The average molecular weight is 441 g/mol. The molecule has 0 amide bonds. The molecule has 1 fully saturated rings. The van der Waals surface area contributed by atoms with E-state index in [-0.39, 0.29) is 28.9 Å². The first-order chi connectivity index (χ1) is 13.0. The summed E-state index contributed by atoms with van der Waals surface area (Å²) in [4.78, 5) is 26.1. The van der Waals surface area contributed by atoms with Crippen LogP contribution in [-0.2, 0) is 23.2 Å². The van der Waals surface area contributed by atoms with Gasteiger partial charge in [0, 0.05) is 6.42 Å². The lowest BCUT2D eigenvalue weighted by Gasteiger charge is -2.43. The Morgan fingerprint density at radius 1 is 1.00 bits per heavy atom. The van der Waals surface area contributed by atoms with Crippen LogP contribution >= 0.6 is 0 Å². The Labute approximate surface area is 178 Å². The van der Waals surface area contributed by atoms with Crippen molar-refractivity contribution in [1.29, 1.82) is 0 Å². The van der Waals surface area contributed by atoms with Crippen molar-refractivity contribution in [1.82, 2.24) is 0 Å². The molecule has 2 aliphatic rings. The first kappa shape index (κ1) is 24.5. The zero-order chi connectivity index (χ0) is 22.5. The van der Waals surface area contributed by atoms with E-state index in [1.807, 2.05) is 12.2 Å². The Morgan fingerprint density at radius 3 is 2.03 bits per heavy atom. The van der Waals surface area contributed by atoms with Crippen LogP contribution in [0.3, 0.4) is 0 Å². The van der Waals surface area contributed by atoms with E-state index in [1.54, 1.807) is 0 Å². The number of rotatable bonds is 5. The van der Waals surface area contributed by atoms with Crippen LogP contribution in [0, 0.1) is 5.41 Å². The highest BCUT2D eigenvalue weighted by atomic mass is 28.4. The zero-order valence-corrected chi connectivity index (χ0v) is 22.0. The van der Waals surface area contributed by atoms with Crippen LogP contribution in [0.4, 0.5) is 0 Å². The van der Waals surface area contributed by atoms with Gasteiger partial charge in [-0.3, -0.25) is 9.59 Å². The molecule has 7 heteroatoms. The number of ketones is 1. The second-order valence-electron chi connectivity index (χ2n) is 11.6. The number of cyclic esters (lactones) is 1. The Balaban J connectivity index is 2.39. The number of hydrogen-bond acceptors (Lipinski definition) is 5. The minimum atomic E-state index is -2.25. The average Bonchev–Trinajstić information content (AvgIpc) is 2.79. The van der Waals surface area contributed by atoms with E-state index in [2.05, 4.69) is 67.7 Å². The van der Waals surface area contributed by atoms with Crippen molar-refractivity contribution in [2.75, 3.05) is 6.61 Å². The molecule has 1 spiro atoms. The van der Waals surface area contributed by atoms with E-state index in [9.17, 15) is 9.59 Å². The largest absolute Gasteiger partial charge is 0.456 e. The number of ether oxygens (including phenoxy) is 1. The van der Waals surface area contributed by atoms with Crippen molar-refractivity contribution < 1.29 is 23.2 Å². The molecule has 0 aromatic rings. The highest BCUT2D eigenvalue weighted by molar-refractivity contribution is 6.74. The maximum absolute atomic E-state index is 13.1. The maximum atomic E-state index is 13.1. The summed E-state index contributed by atoms with van der Waals surface area (Å²) in [6, 6.07) is 0. The second-order valence-corrected chi connectivity index (χ2v) is 21.2. The van der Waals surface area contributed by atoms with Gasteiger partial charge < -0.3 is 13.6 Å². The van der Waals surface area contributed by atoms with Crippen LogP contribution in [0.5, 0.6) is 0 Å². The third-order valence-corrected chi connectivity index (χ3v) is 16.5. The van der Waals surface area contributed by atoms with Crippen molar-refractivity contribution in [3.63, 3.8) is 0 Å². The minimum Gasteiger partial charge on any atom is -0.456 e. The van der Waals surface area contributed by atoms with Crippen LogP contribution in [0.1, 0.15) is 54.4 Å². The topological polar surface area (TPSA) is 61.8 Å². The first-order valence-corrected chi connectivity index (χ1v) is 16.5. The predicted octanol–water partition coefficient (Wildman–Crippen LogP) is 5.23. The fraction of sp³-hybridized carbons (Fsp3) is 0.818. The molecule has 0 saturated carbocycles. The molecule has 0 aromatic carbocycles. The molecule has 5 nitrogen and oxygen atoms in total. The quantitative estimate of drug-likeness (QED) is 0.253. The standard InChI is InChI=1S/C22H40O5Si2/c1-20(2,3)28(7,8)25-15-16-18(27-29(9,10)21(4,5)6)22(19(24)26-16)14-12-11-13-17(22)23/h11-12,16,18H,13-15H2,1-10H3/t16-,18-,22+/m1/s1. The van der Waals surface area contributed by atoms with Gasteiger partial charge in [0.25, 0.3) is 0 Å². The lowest BCUT2D eigenvalue weighted by molar-refractivity contribution is -0.154. The molecule has 1 aliphatic carbocycles. The van der Waals surface area contributed by atoms with Gasteiger partial charge in [0.2, 0.25) is 0 Å². The molecule has 0 aromatic heterocycles. The summed E-state index contributed by atoms with van der Waals surface area (Å²) in [6.45, 7) is 22.0. The molecule has 0 bridgehead atoms. The van der Waals surface area contributed by atoms with Gasteiger partial charge in [-0.25, -0.2) is 0 Å². The van der Waals surface area contributed by atoms with Gasteiger partial charge >= 0.3 is 5.97 Å². The lowest BCUT2D eigenvalue weighted by atomic mass is 9.72. The summed E-state index contributed by atoms with van der Waals surface area (Å²) >= 11 is 0. The van der Waals surface area contributed by atoms with Crippen LogP contribution in [-0.4, -0.2) is 47.2 Å². The molecule has 166 valence electrons. The predicted molar refractivity (Wildman–Crippen MR) is 121 cm³/mol. The molecular formula is C22H40O5Si2. The number of allylic oxidation sites excluding steroid dienone is 2.